The highest BCUT2D eigenvalue weighted by atomic mass is 16.1. The standard InChI is InChI=1S/C13H23NO/c1-10(2)11(15)14-13(12(3,4)5)8-6-7-9-13/h1,6-9H2,2-5H3,(H,14,15). The molecule has 15 heavy (non-hydrogen) atoms. The summed E-state index contributed by atoms with van der Waals surface area (Å²) >= 11 is 0. The molecule has 0 aromatic carbocycles. The van der Waals surface area contributed by atoms with Crippen molar-refractivity contribution in [2.24, 2.45) is 5.41 Å². The second-order valence-electron chi connectivity index (χ2n) is 5.77. The van der Waals surface area contributed by atoms with E-state index in [-0.39, 0.29) is 16.9 Å². The van der Waals surface area contributed by atoms with E-state index in [9.17, 15) is 4.79 Å². The van der Waals surface area contributed by atoms with Crippen molar-refractivity contribution in [1.82, 2.24) is 5.32 Å². The minimum Gasteiger partial charge on any atom is -0.346 e. The summed E-state index contributed by atoms with van der Waals surface area (Å²) in [6, 6.07) is 0. The number of carbonyl (C=O) groups is 1. The summed E-state index contributed by atoms with van der Waals surface area (Å²) in [7, 11) is 0. The van der Waals surface area contributed by atoms with Crippen molar-refractivity contribution in [2.75, 3.05) is 0 Å². The SMILES string of the molecule is C=C(C)C(=O)NC1(C(C)(C)C)CCCC1. The fraction of sp³-hybridized carbons (Fsp3) is 0.769. The lowest BCUT2D eigenvalue weighted by molar-refractivity contribution is -0.120. The van der Waals surface area contributed by atoms with Gasteiger partial charge >= 0.3 is 0 Å². The lowest BCUT2D eigenvalue weighted by Gasteiger charge is -2.42. The van der Waals surface area contributed by atoms with Gasteiger partial charge in [-0.15, -0.1) is 0 Å². The summed E-state index contributed by atoms with van der Waals surface area (Å²) < 4.78 is 0. The maximum atomic E-state index is 11.7. The summed E-state index contributed by atoms with van der Waals surface area (Å²) in [6.45, 7) is 12.1. The molecule has 0 heterocycles. The van der Waals surface area contributed by atoms with Gasteiger partial charge in [0.25, 0.3) is 0 Å². The number of nitrogens with one attached hydrogen (secondary N) is 1. The largest absolute Gasteiger partial charge is 0.346 e. The second-order valence-corrected chi connectivity index (χ2v) is 5.77. The predicted molar refractivity (Wildman–Crippen MR) is 63.6 cm³/mol. The van der Waals surface area contributed by atoms with E-state index < -0.39 is 0 Å². The van der Waals surface area contributed by atoms with Gasteiger partial charge in [0.05, 0.1) is 0 Å². The minimum atomic E-state index is -0.0248. The van der Waals surface area contributed by atoms with Crippen LogP contribution in [0.4, 0.5) is 0 Å². The monoisotopic (exact) mass is 209 g/mol. The van der Waals surface area contributed by atoms with Crippen LogP contribution in [-0.4, -0.2) is 11.4 Å². The Morgan fingerprint density at radius 2 is 1.73 bits per heavy atom. The molecular weight excluding hydrogens is 186 g/mol. The minimum absolute atomic E-state index is 0.00632. The molecule has 0 aliphatic heterocycles. The molecule has 1 rings (SSSR count). The lowest BCUT2D eigenvalue weighted by atomic mass is 9.72. The third kappa shape index (κ3) is 2.42. The Hall–Kier alpha value is -0.790. The number of rotatable bonds is 2. The lowest BCUT2D eigenvalue weighted by Crippen LogP contribution is -2.55. The number of hydrogen-bond donors (Lipinski definition) is 1. The Morgan fingerprint density at radius 1 is 1.27 bits per heavy atom. The summed E-state index contributed by atoms with van der Waals surface area (Å²) in [5, 5.41) is 3.19. The van der Waals surface area contributed by atoms with Crippen molar-refractivity contribution >= 4 is 5.91 Å². The van der Waals surface area contributed by atoms with Crippen LogP contribution >= 0.6 is 0 Å². The summed E-state index contributed by atoms with van der Waals surface area (Å²) in [6.07, 6.45) is 4.62. The average molecular weight is 209 g/mol. The van der Waals surface area contributed by atoms with E-state index in [0.717, 1.165) is 12.8 Å². The van der Waals surface area contributed by atoms with Crippen LogP contribution in [0, 0.1) is 5.41 Å². The highest BCUT2D eigenvalue weighted by Gasteiger charge is 2.44. The first-order valence-corrected chi connectivity index (χ1v) is 5.76. The first-order valence-electron chi connectivity index (χ1n) is 5.76. The highest BCUT2D eigenvalue weighted by Crippen LogP contribution is 2.43. The zero-order valence-electron chi connectivity index (χ0n) is 10.4. The molecule has 2 nitrogen and oxygen atoms in total. The van der Waals surface area contributed by atoms with E-state index in [1.165, 1.54) is 12.8 Å². The Balaban J connectivity index is 2.84. The molecule has 1 fully saturated rings. The van der Waals surface area contributed by atoms with Crippen LogP contribution in [0.3, 0.4) is 0 Å². The predicted octanol–water partition coefficient (Wildman–Crippen LogP) is 3.04. The fourth-order valence-electron chi connectivity index (χ4n) is 2.37. The van der Waals surface area contributed by atoms with Crippen molar-refractivity contribution in [2.45, 2.75) is 58.9 Å². The van der Waals surface area contributed by atoms with Gasteiger partial charge in [-0.05, 0) is 25.2 Å². The number of hydrogen-bond acceptors (Lipinski definition) is 1. The van der Waals surface area contributed by atoms with Crippen LogP contribution in [0.15, 0.2) is 12.2 Å². The van der Waals surface area contributed by atoms with E-state index >= 15 is 0 Å². The van der Waals surface area contributed by atoms with Crippen molar-refractivity contribution in [3.05, 3.63) is 12.2 Å². The summed E-state index contributed by atoms with van der Waals surface area (Å²) in [4.78, 5) is 11.7. The van der Waals surface area contributed by atoms with Crippen molar-refractivity contribution < 1.29 is 4.79 Å². The van der Waals surface area contributed by atoms with Crippen LogP contribution in [0.1, 0.15) is 53.4 Å². The van der Waals surface area contributed by atoms with E-state index in [1.807, 2.05) is 0 Å². The molecule has 0 unspecified atom stereocenters. The highest BCUT2D eigenvalue weighted by molar-refractivity contribution is 5.92. The van der Waals surface area contributed by atoms with E-state index in [0.29, 0.717) is 5.57 Å². The van der Waals surface area contributed by atoms with E-state index in [2.05, 4.69) is 32.7 Å². The number of carbonyl (C=O) groups excluding carboxylic acids is 1. The molecule has 1 aliphatic rings. The van der Waals surface area contributed by atoms with Crippen molar-refractivity contribution in [3.63, 3.8) is 0 Å². The van der Waals surface area contributed by atoms with Gasteiger partial charge in [0, 0.05) is 11.1 Å². The van der Waals surface area contributed by atoms with Gasteiger partial charge in [-0.2, -0.15) is 0 Å². The zero-order valence-corrected chi connectivity index (χ0v) is 10.4. The quantitative estimate of drug-likeness (QED) is 0.696. The fourth-order valence-corrected chi connectivity index (χ4v) is 2.37. The van der Waals surface area contributed by atoms with Crippen molar-refractivity contribution in [1.29, 1.82) is 0 Å². The van der Waals surface area contributed by atoms with E-state index in [1.54, 1.807) is 6.92 Å². The Labute approximate surface area is 93.1 Å². The molecule has 86 valence electrons. The van der Waals surface area contributed by atoms with Crippen LogP contribution in [-0.2, 0) is 4.79 Å². The zero-order chi connectivity index (χ0) is 11.7. The van der Waals surface area contributed by atoms with Gasteiger partial charge in [-0.25, -0.2) is 0 Å². The third-order valence-electron chi connectivity index (χ3n) is 3.63. The maximum absolute atomic E-state index is 11.7. The Kier molecular flexibility index (Phi) is 3.27. The molecule has 0 aromatic heterocycles. The van der Waals surface area contributed by atoms with Crippen molar-refractivity contribution in [3.8, 4) is 0 Å². The number of amides is 1. The van der Waals surface area contributed by atoms with Gasteiger partial charge in [-0.1, -0.05) is 40.2 Å². The first-order chi connectivity index (χ1) is 6.78. The maximum Gasteiger partial charge on any atom is 0.246 e. The van der Waals surface area contributed by atoms with Gasteiger partial charge in [0.1, 0.15) is 0 Å². The van der Waals surface area contributed by atoms with Crippen LogP contribution in [0.25, 0.3) is 0 Å². The molecule has 1 aliphatic carbocycles. The molecule has 0 atom stereocenters. The molecule has 1 saturated carbocycles. The molecule has 0 bridgehead atoms. The van der Waals surface area contributed by atoms with Crippen LogP contribution in [0.2, 0.25) is 0 Å². The normalized spacial score (nSPS) is 20.0. The average Bonchev–Trinajstić information content (AvgIpc) is 2.52. The van der Waals surface area contributed by atoms with Crippen LogP contribution < -0.4 is 5.32 Å². The second kappa shape index (κ2) is 3.99. The Bertz CT molecular complexity index is 267. The van der Waals surface area contributed by atoms with Gasteiger partial charge < -0.3 is 5.32 Å². The molecule has 1 amide bonds. The smallest absolute Gasteiger partial charge is 0.246 e. The molecule has 1 N–H and O–H groups in total. The first kappa shape index (κ1) is 12.3. The third-order valence-corrected chi connectivity index (χ3v) is 3.63. The van der Waals surface area contributed by atoms with Gasteiger partial charge in [-0.3, -0.25) is 4.79 Å². The molecule has 0 aromatic rings. The molecular formula is C13H23NO. The molecule has 0 radical (unpaired) electrons. The molecule has 2 heteroatoms. The Morgan fingerprint density at radius 3 is 2.07 bits per heavy atom. The van der Waals surface area contributed by atoms with Gasteiger partial charge in [0.2, 0.25) is 5.91 Å². The summed E-state index contributed by atoms with van der Waals surface area (Å²) in [5.74, 6) is 0.00632. The summed E-state index contributed by atoms with van der Waals surface area (Å²) in [5.41, 5.74) is 0.697. The molecule has 0 spiro atoms. The topological polar surface area (TPSA) is 29.1 Å². The van der Waals surface area contributed by atoms with Crippen LogP contribution in [0.5, 0.6) is 0 Å². The van der Waals surface area contributed by atoms with E-state index in [4.69, 9.17) is 0 Å². The van der Waals surface area contributed by atoms with Gasteiger partial charge in [0.15, 0.2) is 0 Å². The molecule has 0 saturated heterocycles.